The molecule has 7 nitrogen and oxygen atoms in total. The van der Waals surface area contributed by atoms with Crippen molar-refractivity contribution in [2.45, 2.75) is 32.4 Å². The SMILES string of the molecule is C#CCCCCOc1ncc(-c2cc(NC(=O)c3cccc(C(F)(F)F)c3)cnc2C)cc1N1CCOCC1. The van der Waals surface area contributed by atoms with Gasteiger partial charge in [0.25, 0.3) is 5.91 Å². The van der Waals surface area contributed by atoms with Gasteiger partial charge >= 0.3 is 6.18 Å². The highest BCUT2D eigenvalue weighted by atomic mass is 19.4. The number of carbonyl (C=O) groups is 1. The number of halogens is 3. The third-order valence-electron chi connectivity index (χ3n) is 6.25. The lowest BCUT2D eigenvalue weighted by molar-refractivity contribution is -0.137. The molecule has 4 rings (SSSR count). The summed E-state index contributed by atoms with van der Waals surface area (Å²) in [6.07, 6.45) is 6.30. The summed E-state index contributed by atoms with van der Waals surface area (Å²) in [5.41, 5.74) is 2.36. The van der Waals surface area contributed by atoms with E-state index in [1.54, 1.807) is 12.3 Å². The number of morpholine rings is 1. The first-order valence-corrected chi connectivity index (χ1v) is 12.6. The van der Waals surface area contributed by atoms with Crippen LogP contribution in [0.4, 0.5) is 24.5 Å². The van der Waals surface area contributed by atoms with Gasteiger partial charge in [-0.3, -0.25) is 9.78 Å². The molecule has 1 aliphatic heterocycles. The molecule has 204 valence electrons. The van der Waals surface area contributed by atoms with Crippen molar-refractivity contribution in [3.05, 3.63) is 65.6 Å². The summed E-state index contributed by atoms with van der Waals surface area (Å²) in [5.74, 6) is 2.47. The van der Waals surface area contributed by atoms with Gasteiger partial charge in [-0.2, -0.15) is 13.2 Å². The van der Waals surface area contributed by atoms with E-state index in [-0.39, 0.29) is 5.56 Å². The number of aromatic nitrogens is 2. The van der Waals surface area contributed by atoms with Gasteiger partial charge in [0.15, 0.2) is 0 Å². The molecule has 1 aromatic carbocycles. The number of alkyl halides is 3. The van der Waals surface area contributed by atoms with E-state index < -0.39 is 17.6 Å². The fourth-order valence-corrected chi connectivity index (χ4v) is 4.16. The van der Waals surface area contributed by atoms with E-state index in [0.29, 0.717) is 56.6 Å². The highest BCUT2D eigenvalue weighted by Gasteiger charge is 2.31. The van der Waals surface area contributed by atoms with Gasteiger partial charge in [0, 0.05) is 48.1 Å². The van der Waals surface area contributed by atoms with Gasteiger partial charge in [0.2, 0.25) is 5.88 Å². The van der Waals surface area contributed by atoms with Gasteiger partial charge in [0.05, 0.1) is 37.3 Å². The van der Waals surface area contributed by atoms with Crippen molar-refractivity contribution in [1.29, 1.82) is 0 Å². The zero-order chi connectivity index (χ0) is 27.8. The molecule has 0 saturated carbocycles. The number of terminal acetylenes is 1. The fourth-order valence-electron chi connectivity index (χ4n) is 4.16. The summed E-state index contributed by atoms with van der Waals surface area (Å²) in [7, 11) is 0. The number of nitrogens with zero attached hydrogens (tertiary/aromatic N) is 3. The smallest absolute Gasteiger partial charge is 0.416 e. The van der Waals surface area contributed by atoms with E-state index in [0.717, 1.165) is 41.8 Å². The van der Waals surface area contributed by atoms with Crippen molar-refractivity contribution in [2.75, 3.05) is 43.1 Å². The lowest BCUT2D eigenvalue weighted by atomic mass is 10.0. The molecule has 2 aromatic heterocycles. The first-order valence-electron chi connectivity index (χ1n) is 12.6. The number of pyridine rings is 2. The Kier molecular flexibility index (Phi) is 9.04. The molecule has 0 bridgehead atoms. The average Bonchev–Trinajstić information content (AvgIpc) is 2.94. The van der Waals surface area contributed by atoms with Crippen LogP contribution in [0, 0.1) is 19.3 Å². The van der Waals surface area contributed by atoms with Crippen LogP contribution in [0.3, 0.4) is 0 Å². The number of benzene rings is 1. The second kappa shape index (κ2) is 12.6. The maximum Gasteiger partial charge on any atom is 0.416 e. The number of rotatable bonds is 9. The topological polar surface area (TPSA) is 76.6 Å². The maximum atomic E-state index is 13.1. The van der Waals surface area contributed by atoms with Crippen LogP contribution in [-0.2, 0) is 10.9 Å². The molecule has 0 aliphatic carbocycles. The summed E-state index contributed by atoms with van der Waals surface area (Å²) >= 11 is 0. The lowest BCUT2D eigenvalue weighted by Gasteiger charge is -2.30. The van der Waals surface area contributed by atoms with Gasteiger partial charge in [-0.15, -0.1) is 12.3 Å². The van der Waals surface area contributed by atoms with Gasteiger partial charge in [-0.1, -0.05) is 6.07 Å². The quantitative estimate of drug-likeness (QED) is 0.277. The van der Waals surface area contributed by atoms with Crippen molar-refractivity contribution in [1.82, 2.24) is 9.97 Å². The van der Waals surface area contributed by atoms with Gasteiger partial charge in [-0.05, 0) is 50.1 Å². The molecule has 1 N–H and O–H groups in total. The highest BCUT2D eigenvalue weighted by molar-refractivity contribution is 6.04. The minimum absolute atomic E-state index is 0.105. The number of hydrogen-bond donors (Lipinski definition) is 1. The van der Waals surface area contributed by atoms with E-state index in [4.69, 9.17) is 15.9 Å². The summed E-state index contributed by atoms with van der Waals surface area (Å²) in [4.78, 5) is 23.9. The molecule has 3 heterocycles. The Labute approximate surface area is 225 Å². The highest BCUT2D eigenvalue weighted by Crippen LogP contribution is 2.34. The molecule has 10 heteroatoms. The van der Waals surface area contributed by atoms with Crippen LogP contribution in [0.15, 0.2) is 48.8 Å². The van der Waals surface area contributed by atoms with Crippen molar-refractivity contribution in [3.63, 3.8) is 0 Å². The van der Waals surface area contributed by atoms with E-state index in [1.165, 1.54) is 18.3 Å². The first-order chi connectivity index (χ1) is 18.8. The maximum absolute atomic E-state index is 13.1. The van der Waals surface area contributed by atoms with Crippen LogP contribution in [0.25, 0.3) is 11.1 Å². The Morgan fingerprint density at radius 3 is 2.69 bits per heavy atom. The summed E-state index contributed by atoms with van der Waals surface area (Å²) in [6, 6.07) is 7.98. The van der Waals surface area contributed by atoms with E-state index in [1.807, 2.05) is 13.0 Å². The normalized spacial score (nSPS) is 13.6. The van der Waals surface area contributed by atoms with Crippen LogP contribution in [0.1, 0.15) is 40.9 Å². The standard InChI is InChI=1S/C29H29F3N4O3/c1-3-4-5-6-12-39-28-26(36-10-13-38-14-11-36)16-22(18-34-28)25-17-24(19-33-20(25)2)35-27(37)21-8-7-9-23(15-21)29(30,31)32/h1,7-9,15-19H,4-6,10-14H2,2H3,(H,35,37). The molecular formula is C29H29F3N4O3. The Morgan fingerprint density at radius 2 is 1.95 bits per heavy atom. The first kappa shape index (κ1) is 27.9. The van der Waals surface area contributed by atoms with Gasteiger partial charge in [-0.25, -0.2) is 4.98 Å². The molecule has 1 saturated heterocycles. The van der Waals surface area contributed by atoms with Crippen molar-refractivity contribution < 1.29 is 27.4 Å². The number of aryl methyl sites for hydroxylation is 1. The Hall–Kier alpha value is -4.10. The van der Waals surface area contributed by atoms with Gasteiger partial charge in [0.1, 0.15) is 5.69 Å². The molecule has 1 amide bonds. The van der Waals surface area contributed by atoms with Crippen LogP contribution in [-0.4, -0.2) is 48.8 Å². The summed E-state index contributed by atoms with van der Waals surface area (Å²) in [5, 5.41) is 2.65. The molecule has 0 unspecified atom stereocenters. The number of ether oxygens (including phenoxy) is 2. The summed E-state index contributed by atoms with van der Waals surface area (Å²) < 4.78 is 50.8. The zero-order valence-electron chi connectivity index (χ0n) is 21.6. The molecule has 0 atom stereocenters. The lowest BCUT2D eigenvalue weighted by Crippen LogP contribution is -2.36. The Balaban J connectivity index is 1.58. The molecule has 0 spiro atoms. The van der Waals surface area contributed by atoms with Crippen molar-refractivity contribution in [2.24, 2.45) is 0 Å². The van der Waals surface area contributed by atoms with E-state index in [2.05, 4.69) is 26.1 Å². The van der Waals surface area contributed by atoms with Crippen LogP contribution < -0.4 is 15.0 Å². The zero-order valence-corrected chi connectivity index (χ0v) is 21.6. The average molecular weight is 539 g/mol. The number of hydrogen-bond acceptors (Lipinski definition) is 6. The Bertz CT molecular complexity index is 1350. The van der Waals surface area contributed by atoms with Crippen molar-refractivity contribution in [3.8, 4) is 29.4 Å². The second-order valence-electron chi connectivity index (χ2n) is 9.05. The molecule has 1 fully saturated rings. The third kappa shape index (κ3) is 7.27. The van der Waals surface area contributed by atoms with Crippen molar-refractivity contribution >= 4 is 17.3 Å². The van der Waals surface area contributed by atoms with Crippen LogP contribution in [0.2, 0.25) is 0 Å². The monoisotopic (exact) mass is 538 g/mol. The largest absolute Gasteiger partial charge is 0.476 e. The predicted molar refractivity (Wildman–Crippen MR) is 143 cm³/mol. The Morgan fingerprint density at radius 1 is 1.15 bits per heavy atom. The molecule has 1 aliphatic rings. The van der Waals surface area contributed by atoms with Gasteiger partial charge < -0.3 is 19.7 Å². The number of unbranched alkanes of at least 4 members (excludes halogenated alkanes) is 2. The van der Waals surface area contributed by atoms with E-state index >= 15 is 0 Å². The molecule has 39 heavy (non-hydrogen) atoms. The van der Waals surface area contributed by atoms with E-state index in [9.17, 15) is 18.0 Å². The minimum Gasteiger partial charge on any atom is -0.476 e. The summed E-state index contributed by atoms with van der Waals surface area (Å²) in [6.45, 7) is 4.86. The molecular weight excluding hydrogens is 509 g/mol. The number of carbonyl (C=O) groups excluding carboxylic acids is 1. The molecule has 0 radical (unpaired) electrons. The number of amides is 1. The fraction of sp³-hybridized carbons (Fsp3) is 0.345. The predicted octanol–water partition coefficient (Wildman–Crippen LogP) is 5.74. The second-order valence-corrected chi connectivity index (χ2v) is 9.05. The third-order valence-corrected chi connectivity index (χ3v) is 6.25. The molecule has 3 aromatic rings. The minimum atomic E-state index is -4.54. The van der Waals surface area contributed by atoms with Crippen LogP contribution in [0.5, 0.6) is 5.88 Å². The number of anilines is 2. The number of nitrogens with one attached hydrogen (secondary N) is 1. The van der Waals surface area contributed by atoms with Crippen LogP contribution >= 0.6 is 0 Å².